The predicted molar refractivity (Wildman–Crippen MR) is 41.6 cm³/mol. The molecule has 0 bridgehead atoms. The summed E-state index contributed by atoms with van der Waals surface area (Å²) in [4.78, 5) is 0. The maximum absolute atomic E-state index is 7.38. The van der Waals surface area contributed by atoms with Crippen molar-refractivity contribution in [2.24, 2.45) is 0 Å². The number of hydrogen-bond donors (Lipinski definition) is 1. The summed E-state index contributed by atoms with van der Waals surface area (Å²) in [6.45, 7) is 1.94. The molecule has 46 valence electrons. The zero-order valence-electron chi connectivity index (χ0n) is 5.33. The third-order valence-electron chi connectivity index (χ3n) is 1.14. The Hall–Kier alpha value is -0.680. The maximum atomic E-state index is 7.38. The minimum Gasteiger partial charge on any atom is -0.119 e. The van der Waals surface area contributed by atoms with Gasteiger partial charge in [-0.15, -0.1) is 5.16 Å². The van der Waals surface area contributed by atoms with Crippen molar-refractivity contribution in [2.45, 2.75) is 0 Å². The lowest BCUT2D eigenvalue weighted by molar-refractivity contribution is 1.62. The Morgan fingerprint density at radius 1 is 1.22 bits per heavy atom. The summed E-state index contributed by atoms with van der Waals surface area (Å²) in [6.07, 6.45) is 0. The first-order valence-electron chi connectivity index (χ1n) is 2.81. The fraction of sp³-hybridized carbons (Fsp3) is 0.143. The van der Waals surface area contributed by atoms with E-state index in [1.54, 1.807) is 0 Å². The zero-order valence-corrected chi connectivity index (χ0v) is 6.23. The van der Waals surface area contributed by atoms with E-state index in [0.717, 1.165) is 5.30 Å². The molecule has 0 saturated carbocycles. The standard InChI is InChI=1S/C7H9NP/c1-9(8)7-5-3-2-4-6-7/h2-6,8H,1H3/q+1. The number of rotatable bonds is 1. The van der Waals surface area contributed by atoms with Crippen molar-refractivity contribution in [3.63, 3.8) is 0 Å². The van der Waals surface area contributed by atoms with Gasteiger partial charge in [0, 0.05) is 0 Å². The van der Waals surface area contributed by atoms with E-state index in [2.05, 4.69) is 0 Å². The topological polar surface area (TPSA) is 23.9 Å². The van der Waals surface area contributed by atoms with Crippen LogP contribution in [0.1, 0.15) is 0 Å². The van der Waals surface area contributed by atoms with Crippen LogP contribution in [0.25, 0.3) is 0 Å². The first-order chi connectivity index (χ1) is 4.30. The van der Waals surface area contributed by atoms with Crippen LogP contribution in [-0.2, 0) is 0 Å². The molecule has 1 atom stereocenters. The Balaban J connectivity index is 2.98. The second-order valence-corrected chi connectivity index (χ2v) is 3.53. The summed E-state index contributed by atoms with van der Waals surface area (Å²) in [5, 5.41) is 8.53. The molecule has 0 saturated heterocycles. The average molecular weight is 138 g/mol. The van der Waals surface area contributed by atoms with Gasteiger partial charge in [0.15, 0.2) is 5.30 Å². The molecule has 1 aromatic rings. The van der Waals surface area contributed by atoms with Crippen molar-refractivity contribution in [1.82, 2.24) is 0 Å². The van der Waals surface area contributed by atoms with Crippen LogP contribution < -0.4 is 5.30 Å². The normalized spacial score (nSPS) is 11.0. The van der Waals surface area contributed by atoms with E-state index in [1.165, 1.54) is 0 Å². The molecule has 0 aliphatic heterocycles. The van der Waals surface area contributed by atoms with Crippen LogP contribution in [0.3, 0.4) is 0 Å². The highest BCUT2D eigenvalue weighted by Crippen LogP contribution is 2.12. The number of hydrogen-bond acceptors (Lipinski definition) is 1. The predicted octanol–water partition coefficient (Wildman–Crippen LogP) is 2.19. The molecule has 1 N–H and O–H groups in total. The van der Waals surface area contributed by atoms with Gasteiger partial charge >= 0.3 is 0 Å². The van der Waals surface area contributed by atoms with E-state index < -0.39 is 7.71 Å². The van der Waals surface area contributed by atoms with Gasteiger partial charge in [0.05, 0.1) is 0 Å². The molecule has 0 radical (unpaired) electrons. The van der Waals surface area contributed by atoms with Gasteiger partial charge in [-0.2, -0.15) is 0 Å². The van der Waals surface area contributed by atoms with Crippen LogP contribution in [0.5, 0.6) is 0 Å². The molecule has 1 unspecified atom stereocenters. The molecule has 9 heavy (non-hydrogen) atoms. The molecule has 2 heteroatoms. The smallest absolute Gasteiger partial charge is 0.119 e. The lowest BCUT2D eigenvalue weighted by Gasteiger charge is -1.81. The molecule has 0 fully saturated rings. The molecule has 0 aliphatic carbocycles. The Kier molecular flexibility index (Phi) is 1.96. The molecule has 0 spiro atoms. The Morgan fingerprint density at radius 3 is 2.11 bits per heavy atom. The fourth-order valence-electron chi connectivity index (χ4n) is 0.652. The lowest BCUT2D eigenvalue weighted by atomic mass is 10.4. The summed E-state index contributed by atoms with van der Waals surface area (Å²) >= 11 is 0. The van der Waals surface area contributed by atoms with Gasteiger partial charge < -0.3 is 0 Å². The van der Waals surface area contributed by atoms with Gasteiger partial charge in [-0.25, -0.2) is 0 Å². The number of nitrogens with one attached hydrogen (secondary N) is 1. The SMILES string of the molecule is C[P+](=N)c1ccccc1. The molecular weight excluding hydrogens is 129 g/mol. The second kappa shape index (κ2) is 2.75. The minimum atomic E-state index is -0.646. The molecule has 0 aromatic heterocycles. The summed E-state index contributed by atoms with van der Waals surface area (Å²) in [7, 11) is -0.646. The molecule has 1 aromatic carbocycles. The Bertz CT molecular complexity index is 205. The second-order valence-electron chi connectivity index (χ2n) is 1.89. The van der Waals surface area contributed by atoms with Crippen LogP contribution in [0.15, 0.2) is 30.3 Å². The Morgan fingerprint density at radius 2 is 1.78 bits per heavy atom. The van der Waals surface area contributed by atoms with Gasteiger partial charge in [0.1, 0.15) is 6.66 Å². The fourth-order valence-corrected chi connectivity index (χ4v) is 1.27. The van der Waals surface area contributed by atoms with Crippen molar-refractivity contribution in [3.8, 4) is 0 Å². The molecule has 0 aliphatic rings. The minimum absolute atomic E-state index is 0.646. The van der Waals surface area contributed by atoms with E-state index in [4.69, 9.17) is 5.16 Å². The summed E-state index contributed by atoms with van der Waals surface area (Å²) < 4.78 is 0. The lowest BCUT2D eigenvalue weighted by Crippen LogP contribution is -1.90. The molecule has 1 rings (SSSR count). The van der Waals surface area contributed by atoms with Gasteiger partial charge in [-0.05, 0) is 12.1 Å². The monoisotopic (exact) mass is 138 g/mol. The van der Waals surface area contributed by atoms with Crippen molar-refractivity contribution in [2.75, 3.05) is 6.66 Å². The van der Waals surface area contributed by atoms with E-state index in [1.807, 2.05) is 37.0 Å². The summed E-state index contributed by atoms with van der Waals surface area (Å²) in [5.41, 5.74) is 0. The largest absolute Gasteiger partial charge is 0.231 e. The van der Waals surface area contributed by atoms with Gasteiger partial charge in [-0.3, -0.25) is 0 Å². The van der Waals surface area contributed by atoms with Crippen molar-refractivity contribution >= 4 is 13.0 Å². The van der Waals surface area contributed by atoms with Gasteiger partial charge in [0.2, 0.25) is 7.71 Å². The average Bonchev–Trinajstić information content (AvgIpc) is 1.90. The first-order valence-corrected chi connectivity index (χ1v) is 4.59. The highest BCUT2D eigenvalue weighted by atomic mass is 31.1. The third kappa shape index (κ3) is 1.62. The van der Waals surface area contributed by atoms with E-state index in [0.29, 0.717) is 0 Å². The number of benzene rings is 1. The van der Waals surface area contributed by atoms with E-state index in [-0.39, 0.29) is 0 Å². The van der Waals surface area contributed by atoms with Crippen LogP contribution in [0, 0.1) is 5.16 Å². The highest BCUT2D eigenvalue weighted by molar-refractivity contribution is 7.53. The maximum Gasteiger partial charge on any atom is 0.231 e. The first kappa shape index (κ1) is 6.44. The quantitative estimate of drug-likeness (QED) is 0.575. The third-order valence-corrected chi connectivity index (χ3v) is 2.22. The summed E-state index contributed by atoms with van der Waals surface area (Å²) in [6, 6.07) is 9.92. The molecule has 0 amide bonds. The van der Waals surface area contributed by atoms with E-state index in [9.17, 15) is 0 Å². The zero-order chi connectivity index (χ0) is 6.69. The van der Waals surface area contributed by atoms with Crippen LogP contribution in [0.2, 0.25) is 0 Å². The van der Waals surface area contributed by atoms with Crippen LogP contribution in [-0.4, -0.2) is 6.66 Å². The van der Waals surface area contributed by atoms with E-state index >= 15 is 0 Å². The highest BCUT2D eigenvalue weighted by Gasteiger charge is 2.02. The van der Waals surface area contributed by atoms with Gasteiger partial charge in [0.25, 0.3) is 0 Å². The molecular formula is C7H9NP+. The molecule has 0 heterocycles. The van der Waals surface area contributed by atoms with Gasteiger partial charge in [-0.1, -0.05) is 18.2 Å². The van der Waals surface area contributed by atoms with Crippen LogP contribution >= 0.6 is 7.71 Å². The molecule has 1 nitrogen and oxygen atoms in total. The Labute approximate surface area is 56.0 Å². The van der Waals surface area contributed by atoms with Crippen molar-refractivity contribution in [1.29, 1.82) is 5.16 Å². The van der Waals surface area contributed by atoms with Crippen molar-refractivity contribution in [3.05, 3.63) is 30.3 Å². The van der Waals surface area contributed by atoms with Crippen molar-refractivity contribution < 1.29 is 0 Å². The van der Waals surface area contributed by atoms with Crippen LogP contribution in [0.4, 0.5) is 0 Å². The summed E-state index contributed by atoms with van der Waals surface area (Å²) in [5.74, 6) is 0.